The van der Waals surface area contributed by atoms with Gasteiger partial charge in [-0.3, -0.25) is 4.98 Å². The average molecular weight is 243 g/mol. The number of rotatable bonds is 2. The third-order valence-corrected chi connectivity index (χ3v) is 1.69. The van der Waals surface area contributed by atoms with E-state index in [-0.39, 0.29) is 0 Å². The van der Waals surface area contributed by atoms with E-state index in [0.29, 0.717) is 10.4 Å². The van der Waals surface area contributed by atoms with Crippen molar-refractivity contribution in [3.63, 3.8) is 0 Å². The summed E-state index contributed by atoms with van der Waals surface area (Å²) in [6.45, 7) is 1.88. The molecule has 5 heteroatoms. The maximum atomic E-state index is 4.17. The fraction of sp³-hybridized carbons (Fsp3) is 0.375. The smallest absolute Gasteiger partial charge is 0.176 e. The van der Waals surface area contributed by atoms with Crippen molar-refractivity contribution in [1.82, 2.24) is 14.9 Å². The molecular weight excluding hydrogens is 232 g/mol. The zero-order valence-corrected chi connectivity index (χ0v) is 9.41. The number of halogens is 1. The SMILES string of the molecule is Cc1ncc(Br)nc1N=CN(C)C. The number of aryl methyl sites for hydroxylation is 1. The summed E-state index contributed by atoms with van der Waals surface area (Å²) in [5.74, 6) is 0.642. The zero-order chi connectivity index (χ0) is 9.84. The van der Waals surface area contributed by atoms with Crippen LogP contribution in [0.25, 0.3) is 0 Å². The second-order valence-corrected chi connectivity index (χ2v) is 3.62. The molecule has 1 aromatic rings. The molecule has 0 radical (unpaired) electrons. The largest absolute Gasteiger partial charge is 0.369 e. The van der Waals surface area contributed by atoms with Gasteiger partial charge in [0.15, 0.2) is 5.82 Å². The summed E-state index contributed by atoms with van der Waals surface area (Å²) in [4.78, 5) is 14.3. The summed E-state index contributed by atoms with van der Waals surface area (Å²) in [5.41, 5.74) is 0.821. The highest BCUT2D eigenvalue weighted by Crippen LogP contribution is 2.15. The van der Waals surface area contributed by atoms with Crippen LogP contribution < -0.4 is 0 Å². The normalized spacial score (nSPS) is 10.8. The van der Waals surface area contributed by atoms with E-state index in [2.05, 4.69) is 30.9 Å². The lowest BCUT2D eigenvalue weighted by atomic mass is 10.4. The Hall–Kier alpha value is -0.970. The van der Waals surface area contributed by atoms with Crippen LogP contribution in [0.4, 0.5) is 5.82 Å². The van der Waals surface area contributed by atoms with Crippen LogP contribution in [-0.2, 0) is 0 Å². The molecule has 0 saturated heterocycles. The van der Waals surface area contributed by atoms with E-state index in [4.69, 9.17) is 0 Å². The Kier molecular flexibility index (Phi) is 3.36. The summed E-state index contributed by atoms with van der Waals surface area (Å²) in [5, 5.41) is 0. The highest BCUT2D eigenvalue weighted by atomic mass is 79.9. The minimum atomic E-state index is 0.642. The van der Waals surface area contributed by atoms with Crippen molar-refractivity contribution >= 4 is 28.1 Å². The fourth-order valence-electron chi connectivity index (χ4n) is 0.711. The summed E-state index contributed by atoms with van der Waals surface area (Å²) in [7, 11) is 3.81. The van der Waals surface area contributed by atoms with Gasteiger partial charge in [0, 0.05) is 14.1 Å². The molecule has 1 heterocycles. The molecule has 0 aliphatic rings. The number of aliphatic imine (C=N–C) groups is 1. The molecule has 0 fully saturated rings. The summed E-state index contributed by atoms with van der Waals surface area (Å²) in [6.07, 6.45) is 3.35. The first kappa shape index (κ1) is 10.1. The monoisotopic (exact) mass is 242 g/mol. The molecule has 1 aromatic heterocycles. The molecule has 0 unspecified atom stereocenters. The highest BCUT2D eigenvalue weighted by molar-refractivity contribution is 9.10. The Morgan fingerprint density at radius 3 is 2.85 bits per heavy atom. The first-order chi connectivity index (χ1) is 6.09. The molecule has 0 N–H and O–H groups in total. The first-order valence-electron chi connectivity index (χ1n) is 3.79. The lowest BCUT2D eigenvalue weighted by Gasteiger charge is -2.03. The van der Waals surface area contributed by atoms with Gasteiger partial charge in [-0.05, 0) is 22.9 Å². The molecule has 4 nitrogen and oxygen atoms in total. The number of nitrogens with zero attached hydrogens (tertiary/aromatic N) is 4. The van der Waals surface area contributed by atoms with Crippen molar-refractivity contribution in [2.24, 2.45) is 4.99 Å². The van der Waals surface area contributed by atoms with Gasteiger partial charge in [-0.25, -0.2) is 9.98 Å². The quantitative estimate of drug-likeness (QED) is 0.587. The summed E-state index contributed by atoms with van der Waals surface area (Å²) < 4.78 is 0.698. The molecule has 0 saturated carbocycles. The predicted octanol–water partition coefficient (Wildman–Crippen LogP) is 1.77. The van der Waals surface area contributed by atoms with Gasteiger partial charge >= 0.3 is 0 Å². The molecule has 0 bridgehead atoms. The van der Waals surface area contributed by atoms with Crippen LogP contribution in [-0.4, -0.2) is 35.3 Å². The standard InChI is InChI=1S/C8H11BrN4/c1-6-8(11-5-13(2)3)12-7(9)4-10-6/h4-5H,1-3H3. The van der Waals surface area contributed by atoms with Crippen molar-refractivity contribution in [2.75, 3.05) is 14.1 Å². The van der Waals surface area contributed by atoms with Gasteiger partial charge in [0.25, 0.3) is 0 Å². The lowest BCUT2D eigenvalue weighted by Crippen LogP contribution is -2.07. The van der Waals surface area contributed by atoms with Crippen molar-refractivity contribution in [2.45, 2.75) is 6.92 Å². The van der Waals surface area contributed by atoms with Crippen LogP contribution >= 0.6 is 15.9 Å². The molecule has 1 rings (SSSR count). The van der Waals surface area contributed by atoms with E-state index < -0.39 is 0 Å². The molecule has 0 aliphatic carbocycles. The van der Waals surface area contributed by atoms with Crippen LogP contribution in [0.2, 0.25) is 0 Å². The van der Waals surface area contributed by atoms with Crippen LogP contribution in [0.15, 0.2) is 15.8 Å². The molecule has 0 atom stereocenters. The van der Waals surface area contributed by atoms with Gasteiger partial charge in [-0.2, -0.15) is 0 Å². The average Bonchev–Trinajstić information content (AvgIpc) is 2.06. The van der Waals surface area contributed by atoms with Crippen LogP contribution in [0, 0.1) is 6.92 Å². The van der Waals surface area contributed by atoms with Crippen LogP contribution in [0.1, 0.15) is 5.69 Å². The van der Waals surface area contributed by atoms with Crippen molar-refractivity contribution in [3.8, 4) is 0 Å². The van der Waals surface area contributed by atoms with E-state index in [0.717, 1.165) is 5.69 Å². The van der Waals surface area contributed by atoms with Crippen molar-refractivity contribution in [3.05, 3.63) is 16.5 Å². The third kappa shape index (κ3) is 3.10. The van der Waals surface area contributed by atoms with E-state index in [1.807, 2.05) is 25.9 Å². The fourth-order valence-corrected chi connectivity index (χ4v) is 0.982. The van der Waals surface area contributed by atoms with E-state index in [1.165, 1.54) is 0 Å². The molecule has 0 spiro atoms. The first-order valence-corrected chi connectivity index (χ1v) is 4.58. The topological polar surface area (TPSA) is 41.4 Å². The maximum Gasteiger partial charge on any atom is 0.176 e. The zero-order valence-electron chi connectivity index (χ0n) is 7.82. The van der Waals surface area contributed by atoms with Gasteiger partial charge in [-0.1, -0.05) is 0 Å². The number of hydrogen-bond donors (Lipinski definition) is 0. The van der Waals surface area contributed by atoms with Gasteiger partial charge in [0.2, 0.25) is 0 Å². The minimum absolute atomic E-state index is 0.642. The van der Waals surface area contributed by atoms with Crippen LogP contribution in [0.3, 0.4) is 0 Å². The number of aromatic nitrogens is 2. The molecule has 0 aliphatic heterocycles. The Morgan fingerprint density at radius 1 is 1.54 bits per heavy atom. The van der Waals surface area contributed by atoms with E-state index in [9.17, 15) is 0 Å². The summed E-state index contributed by atoms with van der Waals surface area (Å²) >= 11 is 3.24. The van der Waals surface area contributed by atoms with Gasteiger partial charge < -0.3 is 4.90 Å². The number of hydrogen-bond acceptors (Lipinski definition) is 3. The third-order valence-electron chi connectivity index (χ3n) is 1.31. The van der Waals surface area contributed by atoms with E-state index >= 15 is 0 Å². The maximum absolute atomic E-state index is 4.17. The summed E-state index contributed by atoms with van der Waals surface area (Å²) in [6, 6.07) is 0. The van der Waals surface area contributed by atoms with Crippen molar-refractivity contribution < 1.29 is 0 Å². The lowest BCUT2D eigenvalue weighted by molar-refractivity contribution is 0.642. The Balaban J connectivity index is 2.93. The molecular formula is C8H11BrN4. The second-order valence-electron chi connectivity index (χ2n) is 2.81. The van der Waals surface area contributed by atoms with Gasteiger partial charge in [-0.15, -0.1) is 0 Å². The van der Waals surface area contributed by atoms with Gasteiger partial charge in [0.1, 0.15) is 4.60 Å². The minimum Gasteiger partial charge on any atom is -0.369 e. The second kappa shape index (κ2) is 4.32. The molecule has 13 heavy (non-hydrogen) atoms. The van der Waals surface area contributed by atoms with Crippen molar-refractivity contribution in [1.29, 1.82) is 0 Å². The van der Waals surface area contributed by atoms with E-state index in [1.54, 1.807) is 12.5 Å². The van der Waals surface area contributed by atoms with Crippen LogP contribution in [0.5, 0.6) is 0 Å². The molecule has 0 amide bonds. The Morgan fingerprint density at radius 2 is 2.23 bits per heavy atom. The predicted molar refractivity (Wildman–Crippen MR) is 56.3 cm³/mol. The Bertz CT molecular complexity index is 322. The molecule has 0 aromatic carbocycles. The Labute approximate surface area is 85.9 Å². The van der Waals surface area contributed by atoms with Gasteiger partial charge in [0.05, 0.1) is 18.2 Å². The molecule has 70 valence electrons. The highest BCUT2D eigenvalue weighted by Gasteiger charge is 1.99.